The number of likely N-dealkylation sites (tertiary alicyclic amines) is 1. The second-order valence-electron chi connectivity index (χ2n) is 12.0. The molecule has 168 valence electrons. The third kappa shape index (κ3) is 3.05. The Morgan fingerprint density at radius 1 is 1.03 bits per heavy atom. The van der Waals surface area contributed by atoms with Gasteiger partial charge in [-0.05, 0) is 123 Å². The van der Waals surface area contributed by atoms with E-state index in [4.69, 9.17) is 4.42 Å². The summed E-state index contributed by atoms with van der Waals surface area (Å²) in [7, 11) is 0. The highest BCUT2D eigenvalue weighted by Gasteiger charge is 2.58. The monoisotopic (exact) mass is 421 g/mol. The Bertz CT molecular complexity index is 907. The van der Waals surface area contributed by atoms with E-state index in [1.807, 2.05) is 6.07 Å². The molecule has 3 nitrogen and oxygen atoms in total. The van der Waals surface area contributed by atoms with Crippen LogP contribution in [0.15, 0.2) is 39.3 Å². The first-order valence-corrected chi connectivity index (χ1v) is 13.0. The second kappa shape index (κ2) is 7.33. The third-order valence-corrected chi connectivity index (χ3v) is 10.8. The molecule has 2 heterocycles. The van der Waals surface area contributed by atoms with Gasteiger partial charge in [-0.15, -0.1) is 0 Å². The molecule has 1 unspecified atom stereocenters. The lowest BCUT2D eigenvalue weighted by Gasteiger charge is -2.60. The van der Waals surface area contributed by atoms with Crippen molar-refractivity contribution >= 4 is 0 Å². The summed E-state index contributed by atoms with van der Waals surface area (Å²) in [5.41, 5.74) is 3.54. The Morgan fingerprint density at radius 3 is 2.65 bits per heavy atom. The van der Waals surface area contributed by atoms with Crippen LogP contribution in [0.3, 0.4) is 0 Å². The van der Waals surface area contributed by atoms with Gasteiger partial charge in [0.2, 0.25) is 0 Å². The van der Waals surface area contributed by atoms with E-state index < -0.39 is 0 Å². The van der Waals surface area contributed by atoms with Crippen LogP contribution in [0.2, 0.25) is 0 Å². The minimum absolute atomic E-state index is 0.237. The van der Waals surface area contributed by atoms with Crippen LogP contribution >= 0.6 is 0 Å². The average molecular weight is 422 g/mol. The van der Waals surface area contributed by atoms with E-state index in [1.54, 1.807) is 17.9 Å². The fourth-order valence-electron chi connectivity index (χ4n) is 9.08. The molecular weight excluding hydrogens is 382 g/mol. The van der Waals surface area contributed by atoms with Crippen molar-refractivity contribution in [2.24, 2.45) is 28.6 Å². The van der Waals surface area contributed by atoms with Gasteiger partial charge in [-0.1, -0.05) is 25.5 Å². The standard InChI is InChI=1S/C28H39NO2/c1-27-13-11-21(29-15-3-4-16-29)17-20(27)6-7-22-24-9-8-23(19-5-10-26(30)31-18-19)28(24,2)14-12-25(22)27/h5,9-10,18,20-23,25H,3-4,6-8,11-17H2,1-2H3/t20-,21?,22+,23-,25+,27+,28-/m1/s1. The van der Waals surface area contributed by atoms with Gasteiger partial charge in [0.1, 0.15) is 0 Å². The molecule has 1 saturated heterocycles. The molecule has 4 fully saturated rings. The van der Waals surface area contributed by atoms with Gasteiger partial charge in [0.25, 0.3) is 0 Å². The molecular formula is C28H39NO2. The van der Waals surface area contributed by atoms with E-state index in [1.165, 1.54) is 76.4 Å². The average Bonchev–Trinajstić information content (AvgIpc) is 3.42. The summed E-state index contributed by atoms with van der Waals surface area (Å²) in [6.07, 6.45) is 18.1. The second-order valence-corrected chi connectivity index (χ2v) is 12.0. The molecule has 31 heavy (non-hydrogen) atoms. The lowest BCUT2D eigenvalue weighted by atomic mass is 9.45. The van der Waals surface area contributed by atoms with Crippen LogP contribution in [-0.2, 0) is 0 Å². The molecule has 6 rings (SSSR count). The predicted molar refractivity (Wildman–Crippen MR) is 124 cm³/mol. The third-order valence-electron chi connectivity index (χ3n) is 10.8. The summed E-state index contributed by atoms with van der Waals surface area (Å²) in [4.78, 5) is 14.3. The van der Waals surface area contributed by atoms with Crippen LogP contribution in [0, 0.1) is 28.6 Å². The van der Waals surface area contributed by atoms with E-state index >= 15 is 0 Å². The van der Waals surface area contributed by atoms with Crippen LogP contribution in [0.5, 0.6) is 0 Å². The minimum Gasteiger partial charge on any atom is -0.431 e. The summed E-state index contributed by atoms with van der Waals surface area (Å²) < 4.78 is 5.26. The molecule has 1 aromatic rings. The van der Waals surface area contributed by atoms with Crippen molar-refractivity contribution in [2.75, 3.05) is 13.1 Å². The highest BCUT2D eigenvalue weighted by atomic mass is 16.4. The van der Waals surface area contributed by atoms with Gasteiger partial charge in [0.15, 0.2) is 0 Å². The van der Waals surface area contributed by atoms with Crippen molar-refractivity contribution in [3.05, 3.63) is 46.0 Å². The normalized spacial score (nSPS) is 45.0. The molecule has 0 radical (unpaired) electrons. The van der Waals surface area contributed by atoms with E-state index in [2.05, 4.69) is 24.8 Å². The van der Waals surface area contributed by atoms with Gasteiger partial charge in [0, 0.05) is 12.1 Å². The van der Waals surface area contributed by atoms with Gasteiger partial charge >= 0.3 is 5.63 Å². The molecule has 0 bridgehead atoms. The Labute approximate surface area is 187 Å². The number of rotatable bonds is 2. The van der Waals surface area contributed by atoms with Gasteiger partial charge in [-0.25, -0.2) is 4.79 Å². The van der Waals surface area contributed by atoms with E-state index in [-0.39, 0.29) is 11.0 Å². The van der Waals surface area contributed by atoms with Crippen molar-refractivity contribution in [1.29, 1.82) is 0 Å². The maximum atomic E-state index is 11.5. The zero-order chi connectivity index (χ0) is 21.2. The van der Waals surface area contributed by atoms with Gasteiger partial charge in [0.05, 0.1) is 6.26 Å². The number of hydrogen-bond donors (Lipinski definition) is 0. The summed E-state index contributed by atoms with van der Waals surface area (Å²) in [6.45, 7) is 7.89. The van der Waals surface area contributed by atoms with Crippen LogP contribution in [0.4, 0.5) is 0 Å². The van der Waals surface area contributed by atoms with Gasteiger partial charge in [-0.2, -0.15) is 0 Å². The van der Waals surface area contributed by atoms with Crippen LogP contribution in [-0.4, -0.2) is 24.0 Å². The van der Waals surface area contributed by atoms with Crippen LogP contribution < -0.4 is 5.63 Å². The lowest BCUT2D eigenvalue weighted by Crippen LogP contribution is -2.53. The van der Waals surface area contributed by atoms with Crippen molar-refractivity contribution in [3.8, 4) is 0 Å². The number of nitrogens with zero attached hydrogens (tertiary/aromatic N) is 1. The Morgan fingerprint density at radius 2 is 1.87 bits per heavy atom. The minimum atomic E-state index is -0.237. The number of allylic oxidation sites excluding steroid dienone is 2. The van der Waals surface area contributed by atoms with Crippen LogP contribution in [0.1, 0.15) is 89.5 Å². The molecule has 7 atom stereocenters. The molecule has 0 N–H and O–H groups in total. The van der Waals surface area contributed by atoms with Crippen molar-refractivity contribution < 1.29 is 4.42 Å². The molecule has 0 aromatic carbocycles. The molecule has 1 aromatic heterocycles. The molecule has 3 saturated carbocycles. The number of fused-ring (bicyclic) bond motifs is 5. The summed E-state index contributed by atoms with van der Waals surface area (Å²) >= 11 is 0. The highest BCUT2D eigenvalue weighted by Crippen LogP contribution is 2.67. The fourth-order valence-corrected chi connectivity index (χ4v) is 9.08. The SMILES string of the molecule is C[C@]12CCC(N3CCCC3)C[C@H]1CC[C@H]1C3=CC[C@H](c4ccc(=O)oc4)[C@@]3(C)CC[C@@H]12. The Hall–Kier alpha value is -1.35. The maximum absolute atomic E-state index is 11.5. The summed E-state index contributed by atoms with van der Waals surface area (Å²) in [5, 5.41) is 0. The molecule has 5 aliphatic rings. The van der Waals surface area contributed by atoms with Gasteiger partial charge < -0.3 is 9.32 Å². The first-order valence-electron chi connectivity index (χ1n) is 13.0. The summed E-state index contributed by atoms with van der Waals surface area (Å²) in [6, 6.07) is 4.49. The van der Waals surface area contributed by atoms with Gasteiger partial charge in [-0.3, -0.25) is 0 Å². The first kappa shape index (κ1) is 20.3. The van der Waals surface area contributed by atoms with Crippen LogP contribution in [0.25, 0.3) is 0 Å². The first-order chi connectivity index (χ1) is 15.0. The quantitative estimate of drug-likeness (QED) is 0.537. The van der Waals surface area contributed by atoms with Crippen molar-refractivity contribution in [2.45, 2.75) is 90.0 Å². The molecule has 3 heteroatoms. The van der Waals surface area contributed by atoms with Crippen molar-refractivity contribution in [3.63, 3.8) is 0 Å². The largest absolute Gasteiger partial charge is 0.431 e. The molecule has 4 aliphatic carbocycles. The number of hydrogen-bond acceptors (Lipinski definition) is 3. The molecule has 0 spiro atoms. The Balaban J connectivity index is 1.23. The van der Waals surface area contributed by atoms with Crippen molar-refractivity contribution in [1.82, 2.24) is 4.90 Å². The van der Waals surface area contributed by atoms with E-state index in [9.17, 15) is 4.79 Å². The zero-order valence-corrected chi connectivity index (χ0v) is 19.4. The lowest BCUT2D eigenvalue weighted by molar-refractivity contribution is -0.0708. The summed E-state index contributed by atoms with van der Waals surface area (Å²) in [5.74, 6) is 3.06. The van der Waals surface area contributed by atoms with E-state index in [0.29, 0.717) is 11.3 Å². The fraction of sp³-hybridized carbons (Fsp3) is 0.750. The maximum Gasteiger partial charge on any atom is 0.335 e. The smallest absolute Gasteiger partial charge is 0.335 e. The molecule has 0 amide bonds. The topological polar surface area (TPSA) is 33.5 Å². The zero-order valence-electron chi connectivity index (χ0n) is 19.4. The highest BCUT2D eigenvalue weighted by molar-refractivity contribution is 5.36. The Kier molecular flexibility index (Phi) is 4.80. The molecule has 1 aliphatic heterocycles. The predicted octanol–water partition coefficient (Wildman–Crippen LogP) is 6.15. The van der Waals surface area contributed by atoms with E-state index in [0.717, 1.165) is 30.2 Å².